The summed E-state index contributed by atoms with van der Waals surface area (Å²) in [6.45, 7) is 2.17. The molecule has 0 aromatic heterocycles. The molecule has 3 fully saturated rings. The molecule has 0 radical (unpaired) electrons. The Kier molecular flexibility index (Phi) is 50.0. The third-order valence-electron chi connectivity index (χ3n) is 19.6. The summed E-state index contributed by atoms with van der Waals surface area (Å²) in [6.07, 6.45) is 29.2. The van der Waals surface area contributed by atoms with Gasteiger partial charge in [0.15, 0.2) is 12.6 Å². The van der Waals surface area contributed by atoms with Gasteiger partial charge in [-0.15, -0.1) is 0 Å². The topological polar surface area (TPSA) is 373 Å². The molecule has 3 heterocycles. The quantitative estimate of drug-likeness (QED) is 0.0199. The van der Waals surface area contributed by atoms with Gasteiger partial charge >= 0.3 is 5.97 Å². The number of rotatable bonds is 60. The number of carbonyl (C=O) groups is 3. The van der Waals surface area contributed by atoms with Crippen LogP contribution in [0.25, 0.3) is 0 Å². The number of unbranched alkanes of at least 4 members (excludes halogenated alkanes) is 38. The summed E-state index contributed by atoms with van der Waals surface area (Å²) >= 11 is 0. The summed E-state index contributed by atoms with van der Waals surface area (Å²) in [7, 11) is 0. The van der Waals surface area contributed by atoms with Crippen molar-refractivity contribution in [3.63, 3.8) is 0 Å². The lowest BCUT2D eigenvalue weighted by molar-refractivity contribution is -0.386. The van der Waals surface area contributed by atoms with Crippen molar-refractivity contribution in [2.75, 3.05) is 26.4 Å². The second kappa shape index (κ2) is 54.8. The zero-order valence-electron chi connectivity index (χ0n) is 60.4. The number of amides is 2. The van der Waals surface area contributed by atoms with Gasteiger partial charge < -0.3 is 100 Å². The van der Waals surface area contributed by atoms with Crippen LogP contribution in [0.2, 0.25) is 0 Å². The van der Waals surface area contributed by atoms with Gasteiger partial charge in [-0.1, -0.05) is 256 Å². The number of carboxylic acid groups (broad SMARTS) is 1. The maximum atomic E-state index is 13.5. The van der Waals surface area contributed by atoms with Crippen LogP contribution in [0.5, 0.6) is 0 Å². The maximum absolute atomic E-state index is 13.5. The zero-order valence-corrected chi connectivity index (χ0v) is 60.4. The van der Waals surface area contributed by atoms with Crippen molar-refractivity contribution >= 4 is 17.8 Å². The SMILES string of the molecule is CCCCCCCCCCCCCC/C=C\CCCCCCCCCC(=O)NC(COC1OC(CO)C(OC2OC(CO)C(O)C(OC3(C(=O)O)CC(O)C(NC(C)=O)C(C(O)C(O)CO)O3)C2O)C(O)C1O)C(O)/C=C/CCCCCCCCCCCCCCCCCCCCC. The summed E-state index contributed by atoms with van der Waals surface area (Å²) < 4.78 is 34.9. The Morgan fingerprint density at radius 3 is 1.39 bits per heavy atom. The Hall–Kier alpha value is -2.79. The van der Waals surface area contributed by atoms with E-state index in [-0.39, 0.29) is 12.3 Å². The van der Waals surface area contributed by atoms with E-state index in [2.05, 4.69) is 36.6 Å². The molecule has 0 aromatic carbocycles. The zero-order chi connectivity index (χ0) is 71.8. The highest BCUT2D eigenvalue weighted by atomic mass is 16.8. The first-order chi connectivity index (χ1) is 47.4. The molecule has 2 amide bonds. The van der Waals surface area contributed by atoms with E-state index in [1.54, 1.807) is 6.08 Å². The van der Waals surface area contributed by atoms with Gasteiger partial charge in [0.05, 0.1) is 50.7 Å². The average molecular weight is 1400 g/mol. The molecule has 98 heavy (non-hydrogen) atoms. The molecule has 3 saturated heterocycles. The summed E-state index contributed by atoms with van der Waals surface area (Å²) in [6, 6.07) is -2.62. The second-order valence-electron chi connectivity index (χ2n) is 28.2. The number of nitrogens with one attached hydrogen (secondary N) is 2. The van der Waals surface area contributed by atoms with Crippen molar-refractivity contribution in [1.29, 1.82) is 0 Å². The van der Waals surface area contributed by atoms with Gasteiger partial charge in [-0.05, 0) is 44.9 Å². The first kappa shape index (κ1) is 89.4. The van der Waals surface area contributed by atoms with Crippen LogP contribution in [0.4, 0.5) is 0 Å². The minimum Gasteiger partial charge on any atom is -0.477 e. The Balaban J connectivity index is 1.56. The lowest BCUT2D eigenvalue weighted by atomic mass is 9.88. The van der Waals surface area contributed by atoms with Crippen LogP contribution in [-0.4, -0.2) is 215 Å². The van der Waals surface area contributed by atoms with E-state index in [9.17, 15) is 75.7 Å². The number of allylic oxidation sites excluding steroid dienone is 3. The van der Waals surface area contributed by atoms with Gasteiger partial charge in [-0.2, -0.15) is 0 Å². The molecule has 0 bridgehead atoms. The molecule has 0 spiro atoms. The Labute approximate surface area is 587 Å². The number of aliphatic carboxylic acids is 1. The van der Waals surface area contributed by atoms with Crippen molar-refractivity contribution in [3.8, 4) is 0 Å². The van der Waals surface area contributed by atoms with Gasteiger partial charge in [0, 0.05) is 19.8 Å². The molecule has 3 aliphatic rings. The van der Waals surface area contributed by atoms with Crippen molar-refractivity contribution in [2.45, 2.75) is 407 Å². The molecule has 18 unspecified atom stereocenters. The highest BCUT2D eigenvalue weighted by molar-refractivity contribution is 5.77. The molecule has 0 aliphatic carbocycles. The normalized spacial score (nSPS) is 27.3. The Bertz CT molecular complexity index is 2060. The van der Waals surface area contributed by atoms with E-state index in [4.69, 9.17) is 28.4 Å². The predicted octanol–water partition coefficient (Wildman–Crippen LogP) is 9.18. The summed E-state index contributed by atoms with van der Waals surface area (Å²) in [5.74, 6) is -6.14. The standard InChI is InChI=1S/C75H138N2O21/c1-4-6-8-10-12-14-16-18-20-22-24-26-27-29-31-33-35-37-39-41-43-45-47-49-62(85)77-56(57(82)48-46-44-42-40-38-36-34-32-30-28-25-23-21-19-17-15-13-11-9-7-5-2)54-93-72-67(89)66(88)69(61(53-80)95-72)96-73-68(90)71(65(87)60(52-79)94-73)98-75(74(91)92)50-58(83)63(76-55(3)81)70(97-75)64(86)59(84)51-78/h29,31,46,48,56-61,63-73,78-80,82-84,86-90H,4-28,30,32-45,47,49-54H2,1-3H3,(H,76,81)(H,77,85)(H,91,92)/b31-29-,48-46+. The van der Waals surface area contributed by atoms with Crippen molar-refractivity contribution in [3.05, 3.63) is 24.3 Å². The molecule has 18 atom stereocenters. The number of hydrogen-bond acceptors (Lipinski definition) is 20. The van der Waals surface area contributed by atoms with E-state index in [1.807, 2.05) is 6.08 Å². The molecule has 3 aliphatic heterocycles. The fraction of sp³-hybridized carbons (Fsp3) is 0.907. The van der Waals surface area contributed by atoms with Crippen LogP contribution in [0.15, 0.2) is 24.3 Å². The monoisotopic (exact) mass is 1400 g/mol. The molecule has 3 rings (SSSR count). The average Bonchev–Trinajstić information content (AvgIpc) is 0.757. The number of carboxylic acids is 1. The minimum atomic E-state index is -3.08. The number of aliphatic hydroxyl groups is 11. The second-order valence-corrected chi connectivity index (χ2v) is 28.2. The highest BCUT2D eigenvalue weighted by Gasteiger charge is 2.60. The van der Waals surface area contributed by atoms with E-state index in [1.165, 1.54) is 180 Å². The van der Waals surface area contributed by atoms with E-state index in [0.717, 1.165) is 77.6 Å². The number of aliphatic hydroxyl groups excluding tert-OH is 11. The molecule has 574 valence electrons. The Morgan fingerprint density at radius 2 is 0.959 bits per heavy atom. The van der Waals surface area contributed by atoms with Gasteiger partial charge in [0.25, 0.3) is 5.79 Å². The fourth-order valence-electron chi connectivity index (χ4n) is 13.5. The molecular weight excluding hydrogens is 1260 g/mol. The maximum Gasteiger partial charge on any atom is 0.364 e. The van der Waals surface area contributed by atoms with Gasteiger partial charge in [0.1, 0.15) is 67.1 Å². The van der Waals surface area contributed by atoms with Crippen molar-refractivity contribution in [2.24, 2.45) is 0 Å². The van der Waals surface area contributed by atoms with Gasteiger partial charge in [-0.25, -0.2) is 4.79 Å². The third kappa shape index (κ3) is 35.6. The number of carbonyl (C=O) groups excluding carboxylic acids is 2. The van der Waals surface area contributed by atoms with E-state index in [0.29, 0.717) is 12.8 Å². The summed E-state index contributed by atoms with van der Waals surface area (Å²) in [5.41, 5.74) is 0. The molecule has 23 heteroatoms. The smallest absolute Gasteiger partial charge is 0.364 e. The molecule has 23 nitrogen and oxygen atoms in total. The lowest BCUT2D eigenvalue weighted by Crippen LogP contribution is -2.70. The minimum absolute atomic E-state index is 0.196. The molecular formula is C75H138N2O21. The van der Waals surface area contributed by atoms with Crippen LogP contribution in [0, 0.1) is 0 Å². The van der Waals surface area contributed by atoms with Gasteiger partial charge in [-0.3, -0.25) is 9.59 Å². The van der Waals surface area contributed by atoms with Crippen molar-refractivity contribution < 1.29 is 104 Å². The molecule has 14 N–H and O–H groups in total. The number of hydrogen-bond donors (Lipinski definition) is 14. The lowest BCUT2D eigenvalue weighted by Gasteiger charge is -2.50. The van der Waals surface area contributed by atoms with E-state index >= 15 is 0 Å². The first-order valence-corrected chi connectivity index (χ1v) is 38.7. The van der Waals surface area contributed by atoms with Crippen LogP contribution in [-0.2, 0) is 42.8 Å². The van der Waals surface area contributed by atoms with Crippen LogP contribution in [0.3, 0.4) is 0 Å². The third-order valence-corrected chi connectivity index (χ3v) is 19.6. The summed E-state index contributed by atoms with van der Waals surface area (Å²) in [5, 5.41) is 136. The van der Waals surface area contributed by atoms with E-state index < -0.39 is 155 Å². The highest BCUT2D eigenvalue weighted by Crippen LogP contribution is 2.39. The summed E-state index contributed by atoms with van der Waals surface area (Å²) in [4.78, 5) is 38.6. The molecule has 0 aromatic rings. The molecule has 0 saturated carbocycles. The predicted molar refractivity (Wildman–Crippen MR) is 375 cm³/mol. The fourth-order valence-corrected chi connectivity index (χ4v) is 13.5. The van der Waals surface area contributed by atoms with Crippen LogP contribution < -0.4 is 10.6 Å². The Morgan fingerprint density at radius 1 is 0.531 bits per heavy atom. The number of ether oxygens (including phenoxy) is 6. The first-order valence-electron chi connectivity index (χ1n) is 38.7. The van der Waals surface area contributed by atoms with Crippen molar-refractivity contribution in [1.82, 2.24) is 10.6 Å². The van der Waals surface area contributed by atoms with Crippen LogP contribution >= 0.6 is 0 Å². The van der Waals surface area contributed by atoms with Crippen LogP contribution in [0.1, 0.15) is 297 Å². The van der Waals surface area contributed by atoms with Gasteiger partial charge in [0.2, 0.25) is 11.8 Å². The largest absolute Gasteiger partial charge is 0.477 e.